The maximum atomic E-state index is 13.9. The van der Waals surface area contributed by atoms with Crippen molar-refractivity contribution in [3.05, 3.63) is 41.6 Å². The van der Waals surface area contributed by atoms with Crippen LogP contribution in [0.15, 0.2) is 39.6 Å². The molecule has 2 amide bonds. The normalized spacial score (nSPS) is 17.5. The van der Waals surface area contributed by atoms with Crippen LogP contribution in [0.2, 0.25) is 0 Å². The molecule has 0 spiro atoms. The first-order valence-electron chi connectivity index (χ1n) is 11.8. The second-order valence-corrected chi connectivity index (χ2v) is 12.3. The Labute approximate surface area is 222 Å². The SMILES string of the molecule is CC(C)(C)OC(=O)N=[S@](C)(=O)c1cccc(NC(=O)c2cc(C(F)(F)F)nnc2N2CCCC(F)(F)CC2)c1. The van der Waals surface area contributed by atoms with Crippen molar-refractivity contribution in [2.45, 2.75) is 62.6 Å². The molecular formula is C24H28F5N5O4S. The van der Waals surface area contributed by atoms with E-state index in [-0.39, 0.29) is 35.9 Å². The summed E-state index contributed by atoms with van der Waals surface area (Å²) in [5, 5.41) is 9.16. The van der Waals surface area contributed by atoms with Gasteiger partial charge in [0.15, 0.2) is 11.5 Å². The third kappa shape index (κ3) is 8.31. The van der Waals surface area contributed by atoms with Gasteiger partial charge in [0.1, 0.15) is 5.60 Å². The van der Waals surface area contributed by atoms with Gasteiger partial charge in [0.05, 0.1) is 15.3 Å². The fraction of sp³-hybridized carbons (Fsp3) is 0.500. The molecule has 0 radical (unpaired) electrons. The molecule has 1 N–H and O–H groups in total. The number of aromatic nitrogens is 2. The number of nitrogens with one attached hydrogen (secondary N) is 1. The molecule has 214 valence electrons. The summed E-state index contributed by atoms with van der Waals surface area (Å²) in [5.74, 6) is -4.24. The Balaban J connectivity index is 1.94. The average molecular weight is 578 g/mol. The van der Waals surface area contributed by atoms with E-state index in [0.717, 1.165) is 0 Å². The quantitative estimate of drug-likeness (QED) is 0.459. The second kappa shape index (κ2) is 11.0. The molecule has 0 saturated carbocycles. The number of rotatable bonds is 4. The van der Waals surface area contributed by atoms with Gasteiger partial charge in [-0.15, -0.1) is 14.6 Å². The lowest BCUT2D eigenvalue weighted by Crippen LogP contribution is -2.30. The lowest BCUT2D eigenvalue weighted by atomic mass is 10.1. The standard InChI is InChI=1S/C24H28F5N5O4S/c1-22(2,3)38-21(36)33-39(4,37)16-8-5-7-15(13-16)30-20(35)17-14-18(24(27,28)29)31-32-19(17)34-11-6-9-23(25,26)10-12-34/h5,7-8,13-14H,6,9-12H2,1-4H3,(H,30,35)/t39-/m1/s1. The zero-order valence-corrected chi connectivity index (χ0v) is 22.5. The molecule has 0 bridgehead atoms. The van der Waals surface area contributed by atoms with Crippen LogP contribution >= 0.6 is 0 Å². The Bertz CT molecular complexity index is 1370. The molecule has 2 aromatic rings. The molecule has 2 heterocycles. The zero-order chi connectivity index (χ0) is 29.2. The first kappa shape index (κ1) is 30.2. The summed E-state index contributed by atoms with van der Waals surface area (Å²) in [6.45, 7) is 4.62. The van der Waals surface area contributed by atoms with Gasteiger partial charge in [-0.1, -0.05) is 6.07 Å². The summed E-state index contributed by atoms with van der Waals surface area (Å²) in [5.41, 5.74) is -2.80. The number of alkyl halides is 5. The van der Waals surface area contributed by atoms with Crippen molar-refractivity contribution in [3.8, 4) is 0 Å². The molecule has 15 heteroatoms. The van der Waals surface area contributed by atoms with Crippen LogP contribution in [0.1, 0.15) is 56.1 Å². The highest BCUT2D eigenvalue weighted by Gasteiger charge is 2.37. The Morgan fingerprint density at radius 3 is 2.44 bits per heavy atom. The van der Waals surface area contributed by atoms with Gasteiger partial charge in [0, 0.05) is 42.8 Å². The van der Waals surface area contributed by atoms with Crippen LogP contribution in [0.4, 0.5) is 38.3 Å². The summed E-state index contributed by atoms with van der Waals surface area (Å²) in [6, 6.07) is 5.94. The second-order valence-electron chi connectivity index (χ2n) is 10.0. The van der Waals surface area contributed by atoms with E-state index < -0.39 is 63.5 Å². The number of ether oxygens (including phenoxy) is 1. The fourth-order valence-corrected chi connectivity index (χ4v) is 4.79. The van der Waals surface area contributed by atoms with E-state index >= 15 is 0 Å². The topological polar surface area (TPSA) is 114 Å². The van der Waals surface area contributed by atoms with E-state index in [9.17, 15) is 35.8 Å². The molecule has 0 aliphatic carbocycles. The molecule has 1 aromatic heterocycles. The van der Waals surface area contributed by atoms with Crippen molar-refractivity contribution in [2.24, 2.45) is 4.36 Å². The smallest absolute Gasteiger partial charge is 0.442 e. The Kier molecular flexibility index (Phi) is 8.53. The number of hydrogen-bond acceptors (Lipinski definition) is 7. The van der Waals surface area contributed by atoms with Crippen LogP contribution in [0.3, 0.4) is 0 Å². The van der Waals surface area contributed by atoms with Crippen molar-refractivity contribution in [3.63, 3.8) is 0 Å². The molecule has 1 aliphatic heterocycles. The van der Waals surface area contributed by atoms with Gasteiger partial charge in [-0.25, -0.2) is 17.8 Å². The number of hydrogen-bond donors (Lipinski definition) is 1. The van der Waals surface area contributed by atoms with Crippen LogP contribution in [0.5, 0.6) is 0 Å². The number of nitrogens with zero attached hydrogens (tertiary/aromatic N) is 4. The van der Waals surface area contributed by atoms with Crippen LogP contribution in [-0.2, 0) is 20.6 Å². The summed E-state index contributed by atoms with van der Waals surface area (Å²) >= 11 is 0. The summed E-state index contributed by atoms with van der Waals surface area (Å²) < 4.78 is 89.6. The summed E-state index contributed by atoms with van der Waals surface area (Å²) in [6.07, 6.45) is -5.72. The molecular weight excluding hydrogens is 549 g/mol. The maximum Gasteiger partial charge on any atom is 0.442 e. The molecule has 1 fully saturated rings. The maximum absolute atomic E-state index is 13.9. The molecule has 0 unspecified atom stereocenters. The number of carbonyl (C=O) groups excluding carboxylic acids is 2. The first-order valence-corrected chi connectivity index (χ1v) is 13.7. The third-order valence-electron chi connectivity index (χ3n) is 5.50. The Morgan fingerprint density at radius 2 is 1.79 bits per heavy atom. The third-order valence-corrected chi connectivity index (χ3v) is 7.12. The highest BCUT2D eigenvalue weighted by molar-refractivity contribution is 7.93. The summed E-state index contributed by atoms with van der Waals surface area (Å²) in [4.78, 5) is 26.6. The number of carbonyl (C=O) groups is 2. The lowest BCUT2D eigenvalue weighted by molar-refractivity contribution is -0.141. The van der Waals surface area contributed by atoms with E-state index in [0.29, 0.717) is 6.07 Å². The lowest BCUT2D eigenvalue weighted by Gasteiger charge is -2.24. The van der Waals surface area contributed by atoms with Crippen LogP contribution in [0, 0.1) is 0 Å². The van der Waals surface area contributed by atoms with E-state index in [2.05, 4.69) is 19.9 Å². The van der Waals surface area contributed by atoms with Crippen molar-refractivity contribution in [1.82, 2.24) is 10.2 Å². The van der Waals surface area contributed by atoms with Crippen molar-refractivity contribution in [1.29, 1.82) is 0 Å². The van der Waals surface area contributed by atoms with Gasteiger partial charge in [-0.05, 0) is 51.5 Å². The molecule has 39 heavy (non-hydrogen) atoms. The van der Waals surface area contributed by atoms with Crippen LogP contribution in [0.25, 0.3) is 0 Å². The predicted octanol–water partition coefficient (Wildman–Crippen LogP) is 5.77. The largest absolute Gasteiger partial charge is 0.442 e. The molecule has 1 aliphatic rings. The van der Waals surface area contributed by atoms with Gasteiger partial charge in [-0.2, -0.15) is 13.2 Å². The molecule has 9 nitrogen and oxygen atoms in total. The van der Waals surface area contributed by atoms with E-state index in [1.165, 1.54) is 35.4 Å². The molecule has 1 saturated heterocycles. The van der Waals surface area contributed by atoms with Crippen molar-refractivity contribution < 1.29 is 40.5 Å². The Morgan fingerprint density at radius 1 is 1.10 bits per heavy atom. The van der Waals surface area contributed by atoms with Crippen molar-refractivity contribution >= 4 is 33.2 Å². The van der Waals surface area contributed by atoms with Gasteiger partial charge < -0.3 is 15.0 Å². The minimum absolute atomic E-state index is 0.0326. The minimum atomic E-state index is -4.91. The Hall–Kier alpha value is -3.36. The monoisotopic (exact) mass is 577 g/mol. The predicted molar refractivity (Wildman–Crippen MR) is 133 cm³/mol. The van der Waals surface area contributed by atoms with Gasteiger partial charge in [0.25, 0.3) is 5.91 Å². The number of amides is 2. The van der Waals surface area contributed by atoms with E-state index in [4.69, 9.17) is 4.74 Å². The number of anilines is 2. The number of benzene rings is 1. The summed E-state index contributed by atoms with van der Waals surface area (Å²) in [7, 11) is -3.32. The van der Waals surface area contributed by atoms with E-state index in [1.807, 2.05) is 0 Å². The van der Waals surface area contributed by atoms with Gasteiger partial charge in [-0.3, -0.25) is 4.79 Å². The first-order chi connectivity index (χ1) is 17.9. The van der Waals surface area contributed by atoms with Gasteiger partial charge in [0.2, 0.25) is 5.92 Å². The highest BCUT2D eigenvalue weighted by Crippen LogP contribution is 2.33. The fourth-order valence-electron chi connectivity index (χ4n) is 3.68. The van der Waals surface area contributed by atoms with Crippen molar-refractivity contribution in [2.75, 3.05) is 29.6 Å². The van der Waals surface area contributed by atoms with Gasteiger partial charge >= 0.3 is 12.3 Å². The average Bonchev–Trinajstić information content (AvgIpc) is 2.97. The van der Waals surface area contributed by atoms with E-state index in [1.54, 1.807) is 20.8 Å². The van der Waals surface area contributed by atoms with Crippen LogP contribution in [-0.4, -0.2) is 57.3 Å². The highest BCUT2D eigenvalue weighted by atomic mass is 32.2. The molecule has 1 aromatic carbocycles. The zero-order valence-electron chi connectivity index (χ0n) is 21.6. The molecule has 3 rings (SSSR count). The minimum Gasteiger partial charge on any atom is -0.442 e. The number of halogens is 5. The van der Waals surface area contributed by atoms with Crippen LogP contribution < -0.4 is 10.2 Å². The molecule has 1 atom stereocenters.